The first-order valence-electron chi connectivity index (χ1n) is 6.67. The van der Waals surface area contributed by atoms with E-state index in [4.69, 9.17) is 32.0 Å². The molecule has 0 aliphatic carbocycles. The summed E-state index contributed by atoms with van der Waals surface area (Å²) in [7, 11) is 0. The van der Waals surface area contributed by atoms with Gasteiger partial charge in [-0.05, 0) is 58.4 Å². The van der Waals surface area contributed by atoms with Crippen molar-refractivity contribution in [3.05, 3.63) is 68.7 Å². The van der Waals surface area contributed by atoms with Gasteiger partial charge in [0.25, 0.3) is 0 Å². The zero-order valence-corrected chi connectivity index (χ0v) is 15.0. The number of nitrogens with zero attached hydrogens (tertiary/aromatic N) is 1. The second-order valence-electron chi connectivity index (χ2n) is 4.63. The Bertz CT molecular complexity index is 918. The lowest BCUT2D eigenvalue weighted by Gasteiger charge is -2.00. The third-order valence-corrected chi connectivity index (χ3v) is 3.97. The molecule has 1 amide bonds. The number of hydrogen-bond acceptors (Lipinski definition) is 4. The summed E-state index contributed by atoms with van der Waals surface area (Å²) in [4.78, 5) is 11.8. The summed E-state index contributed by atoms with van der Waals surface area (Å²) < 4.78 is 11.2. The van der Waals surface area contributed by atoms with Crippen LogP contribution in [0.5, 0.6) is 0 Å². The van der Waals surface area contributed by atoms with Gasteiger partial charge in [0.2, 0.25) is 0 Å². The predicted molar refractivity (Wildman–Crippen MR) is 95.6 cm³/mol. The molecule has 2 heterocycles. The van der Waals surface area contributed by atoms with Crippen LogP contribution in [0.3, 0.4) is 0 Å². The van der Waals surface area contributed by atoms with Gasteiger partial charge >= 0.3 is 5.91 Å². The molecule has 0 atom stereocenters. The van der Waals surface area contributed by atoms with Gasteiger partial charge in [0, 0.05) is 10.6 Å². The third-order valence-electron chi connectivity index (χ3n) is 2.98. The normalized spacial score (nSPS) is 11.1. The first-order valence-corrected chi connectivity index (χ1v) is 8.22. The maximum Gasteiger partial charge on any atom is 0.307 e. The van der Waals surface area contributed by atoms with Crippen LogP contribution < -0.4 is 5.43 Å². The van der Waals surface area contributed by atoms with Crippen molar-refractivity contribution in [1.29, 1.82) is 0 Å². The molecular weight excluding hydrogens is 419 g/mol. The van der Waals surface area contributed by atoms with Crippen LogP contribution >= 0.6 is 39.1 Å². The molecule has 8 heteroatoms. The molecule has 0 fully saturated rings. The van der Waals surface area contributed by atoms with Gasteiger partial charge in [-0.2, -0.15) is 5.10 Å². The van der Waals surface area contributed by atoms with Crippen LogP contribution in [-0.4, -0.2) is 12.1 Å². The molecule has 5 nitrogen and oxygen atoms in total. The minimum Gasteiger partial charge on any atom is -0.455 e. The lowest BCUT2D eigenvalue weighted by molar-refractivity contribution is 0.0926. The zero-order valence-electron chi connectivity index (χ0n) is 11.9. The Morgan fingerprint density at radius 2 is 1.96 bits per heavy atom. The van der Waals surface area contributed by atoms with Gasteiger partial charge < -0.3 is 8.83 Å². The van der Waals surface area contributed by atoms with Crippen LogP contribution in [0.1, 0.15) is 16.3 Å². The van der Waals surface area contributed by atoms with E-state index in [-0.39, 0.29) is 5.76 Å². The van der Waals surface area contributed by atoms with Gasteiger partial charge in [-0.3, -0.25) is 4.79 Å². The highest BCUT2D eigenvalue weighted by atomic mass is 79.9. The van der Waals surface area contributed by atoms with E-state index in [2.05, 4.69) is 26.5 Å². The minimum atomic E-state index is -0.471. The van der Waals surface area contributed by atoms with E-state index in [9.17, 15) is 4.79 Å². The number of benzene rings is 1. The van der Waals surface area contributed by atoms with Crippen LogP contribution in [0.4, 0.5) is 0 Å². The van der Waals surface area contributed by atoms with Crippen LogP contribution in [0.2, 0.25) is 10.0 Å². The average Bonchev–Trinajstić information content (AvgIpc) is 3.19. The van der Waals surface area contributed by atoms with Gasteiger partial charge in [0.1, 0.15) is 11.5 Å². The van der Waals surface area contributed by atoms with Crippen molar-refractivity contribution in [1.82, 2.24) is 5.43 Å². The van der Waals surface area contributed by atoms with Crippen molar-refractivity contribution in [3.63, 3.8) is 0 Å². The molecule has 3 aromatic rings. The topological polar surface area (TPSA) is 67.7 Å². The summed E-state index contributed by atoms with van der Waals surface area (Å²) in [5, 5.41) is 4.90. The molecule has 0 unspecified atom stereocenters. The second kappa shape index (κ2) is 7.25. The van der Waals surface area contributed by atoms with Gasteiger partial charge in [0.15, 0.2) is 10.4 Å². The lowest BCUT2D eigenvalue weighted by Crippen LogP contribution is -2.16. The number of hydrazone groups is 1. The molecule has 0 aliphatic heterocycles. The first kappa shape index (κ1) is 16.8. The van der Waals surface area contributed by atoms with Crippen molar-refractivity contribution in [2.75, 3.05) is 0 Å². The van der Waals surface area contributed by atoms with E-state index in [0.717, 1.165) is 0 Å². The smallest absolute Gasteiger partial charge is 0.307 e. The summed E-state index contributed by atoms with van der Waals surface area (Å²) in [5.74, 6) is 0.665. The summed E-state index contributed by atoms with van der Waals surface area (Å²) in [6.07, 6.45) is 1.37. The first-order chi connectivity index (χ1) is 11.5. The highest BCUT2D eigenvalue weighted by molar-refractivity contribution is 9.10. The van der Waals surface area contributed by atoms with Crippen LogP contribution in [0.15, 0.2) is 61.1 Å². The number of carbonyl (C=O) groups is 1. The monoisotopic (exact) mass is 426 g/mol. The molecule has 24 heavy (non-hydrogen) atoms. The Hall–Kier alpha value is -2.02. The van der Waals surface area contributed by atoms with Crippen molar-refractivity contribution >= 4 is 51.3 Å². The molecule has 0 saturated carbocycles. The minimum absolute atomic E-state index is 0.143. The van der Waals surface area contributed by atoms with Crippen molar-refractivity contribution in [3.8, 4) is 11.3 Å². The van der Waals surface area contributed by atoms with Gasteiger partial charge in [-0.1, -0.05) is 23.2 Å². The Balaban J connectivity index is 1.70. The van der Waals surface area contributed by atoms with Crippen molar-refractivity contribution in [2.45, 2.75) is 0 Å². The molecule has 0 bridgehead atoms. The van der Waals surface area contributed by atoms with E-state index in [1.165, 1.54) is 12.3 Å². The van der Waals surface area contributed by atoms with E-state index in [0.29, 0.717) is 31.8 Å². The highest BCUT2D eigenvalue weighted by Gasteiger charge is 2.10. The third kappa shape index (κ3) is 3.90. The summed E-state index contributed by atoms with van der Waals surface area (Å²) in [6.45, 7) is 0. The average molecular weight is 428 g/mol. The molecular formula is C16H9BrCl2N2O3. The van der Waals surface area contributed by atoms with Crippen LogP contribution in [0.25, 0.3) is 11.3 Å². The molecule has 0 radical (unpaired) electrons. The molecule has 0 saturated heterocycles. The molecule has 3 rings (SSSR count). The molecule has 0 aliphatic rings. The predicted octanol–water partition coefficient (Wildman–Crippen LogP) is 5.37. The SMILES string of the molecule is O=C(N/N=C\c1ccc(-c2cc(Cl)ccc2Cl)o1)c1ccc(Br)o1. The number of carbonyl (C=O) groups excluding carboxylic acids is 1. The fourth-order valence-electron chi connectivity index (χ4n) is 1.90. The van der Waals surface area contributed by atoms with Crippen LogP contribution in [0, 0.1) is 0 Å². The Kier molecular flexibility index (Phi) is 5.08. The summed E-state index contributed by atoms with van der Waals surface area (Å²) >= 11 is 15.2. The Morgan fingerprint density at radius 1 is 1.12 bits per heavy atom. The largest absolute Gasteiger partial charge is 0.455 e. The Labute approximate surface area is 155 Å². The fourth-order valence-corrected chi connectivity index (χ4v) is 2.59. The maximum absolute atomic E-state index is 11.8. The molecule has 0 spiro atoms. The number of halogens is 3. The summed E-state index contributed by atoms with van der Waals surface area (Å²) in [5.41, 5.74) is 3.01. The maximum atomic E-state index is 11.8. The number of hydrogen-bond donors (Lipinski definition) is 1. The van der Waals surface area contributed by atoms with E-state index in [1.54, 1.807) is 36.4 Å². The zero-order chi connectivity index (χ0) is 17.1. The standard InChI is InChI=1S/C16H9BrCl2N2O3/c17-15-6-5-14(24-15)16(22)21-20-8-10-2-4-13(23-10)11-7-9(18)1-3-12(11)19/h1-8H,(H,21,22)/b20-8-. The molecule has 1 N–H and O–H groups in total. The fraction of sp³-hybridized carbons (Fsp3) is 0. The van der Waals surface area contributed by atoms with Gasteiger partial charge in [0.05, 0.1) is 11.2 Å². The van der Waals surface area contributed by atoms with Gasteiger partial charge in [-0.15, -0.1) is 0 Å². The van der Waals surface area contributed by atoms with Gasteiger partial charge in [-0.25, -0.2) is 5.43 Å². The molecule has 1 aromatic carbocycles. The Morgan fingerprint density at radius 3 is 2.71 bits per heavy atom. The van der Waals surface area contributed by atoms with Crippen LogP contribution in [-0.2, 0) is 0 Å². The number of nitrogens with one attached hydrogen (secondary N) is 1. The van der Waals surface area contributed by atoms with E-state index >= 15 is 0 Å². The number of furan rings is 2. The lowest BCUT2D eigenvalue weighted by atomic mass is 10.2. The molecule has 2 aromatic heterocycles. The summed E-state index contributed by atoms with van der Waals surface area (Å²) in [6, 6.07) is 11.7. The van der Waals surface area contributed by atoms with Crippen molar-refractivity contribution in [2.24, 2.45) is 5.10 Å². The second-order valence-corrected chi connectivity index (χ2v) is 6.25. The highest BCUT2D eigenvalue weighted by Crippen LogP contribution is 2.31. The quantitative estimate of drug-likeness (QED) is 0.449. The van der Waals surface area contributed by atoms with E-state index in [1.807, 2.05) is 0 Å². The van der Waals surface area contributed by atoms with Crippen molar-refractivity contribution < 1.29 is 13.6 Å². The van der Waals surface area contributed by atoms with E-state index < -0.39 is 5.91 Å². The number of amides is 1. The molecule has 122 valence electrons. The number of rotatable bonds is 4.